The van der Waals surface area contributed by atoms with E-state index in [2.05, 4.69) is 19.8 Å². The van der Waals surface area contributed by atoms with Crippen LogP contribution in [0.25, 0.3) is 0 Å². The zero-order chi connectivity index (χ0) is 21.2. The van der Waals surface area contributed by atoms with Gasteiger partial charge in [-0.3, -0.25) is 4.90 Å². The summed E-state index contributed by atoms with van der Waals surface area (Å²) in [7, 11) is 0. The van der Waals surface area contributed by atoms with Crippen molar-refractivity contribution in [3.8, 4) is 5.75 Å². The van der Waals surface area contributed by atoms with Crippen LogP contribution < -0.4 is 9.64 Å². The molecular weight excluding hydrogens is 415 g/mol. The van der Waals surface area contributed by atoms with Crippen LogP contribution in [-0.4, -0.2) is 47.9 Å². The summed E-state index contributed by atoms with van der Waals surface area (Å²) in [6, 6.07) is 3.46. The number of rotatable bonds is 5. The lowest BCUT2D eigenvalue weighted by atomic mass is 10.0. The molecule has 1 aliphatic heterocycles. The average Bonchev–Trinajstić information content (AvgIpc) is 3.01. The molecule has 1 aromatic carbocycles. The molecule has 3 rings (SSSR count). The van der Waals surface area contributed by atoms with Gasteiger partial charge >= 0.3 is 12.8 Å². The third-order valence-electron chi connectivity index (χ3n) is 4.80. The van der Waals surface area contributed by atoms with Gasteiger partial charge in [-0.1, -0.05) is 17.4 Å². The zero-order valence-electron chi connectivity index (χ0n) is 16.0. The largest absolute Gasteiger partial charge is 0.445 e. The lowest BCUT2D eigenvalue weighted by molar-refractivity contribution is -0.138. The summed E-state index contributed by atoms with van der Waals surface area (Å²) in [5, 5.41) is 6.20. The van der Waals surface area contributed by atoms with E-state index in [4.69, 9.17) is 0 Å². The molecule has 0 saturated carbocycles. The number of hydrogen-bond donors (Lipinski definition) is 0. The molecule has 160 valence electrons. The van der Waals surface area contributed by atoms with Crippen LogP contribution in [0.3, 0.4) is 0 Å². The molecule has 0 aliphatic carbocycles. The topological polar surface area (TPSA) is 41.5 Å². The molecule has 2 aromatic rings. The van der Waals surface area contributed by atoms with Crippen LogP contribution >= 0.6 is 11.3 Å². The summed E-state index contributed by atoms with van der Waals surface area (Å²) in [4.78, 5) is 3.86. The first-order valence-corrected chi connectivity index (χ1v) is 9.88. The second-order valence-electron chi connectivity index (χ2n) is 6.93. The van der Waals surface area contributed by atoms with E-state index in [-0.39, 0.29) is 10.9 Å². The summed E-state index contributed by atoms with van der Waals surface area (Å²) >= 11 is 0.530. The van der Waals surface area contributed by atoms with E-state index in [0.717, 1.165) is 11.1 Å². The summed E-state index contributed by atoms with van der Waals surface area (Å²) in [5.41, 5.74) is 2.51. The first-order chi connectivity index (χ1) is 13.6. The van der Waals surface area contributed by atoms with Crippen molar-refractivity contribution < 1.29 is 26.7 Å². The second kappa shape index (κ2) is 8.78. The molecule has 0 unspecified atom stereocenters. The first kappa shape index (κ1) is 21.7. The Morgan fingerprint density at radius 1 is 1.07 bits per heavy atom. The van der Waals surface area contributed by atoms with Crippen LogP contribution in [0, 0.1) is 13.8 Å². The standard InChI is InChI=1S/C18H21F5N4OS/c1-11-8-13(14(9-12(11)2)28-16(19)20)10-26-4-3-5-27(7-6-26)17-25-24-15(29-17)18(21,22)23/h8-9,16H,3-7,10H2,1-2H3. The molecule has 0 N–H and O–H groups in total. The van der Waals surface area contributed by atoms with Gasteiger partial charge in [0.05, 0.1) is 0 Å². The van der Waals surface area contributed by atoms with Gasteiger partial charge in [0.25, 0.3) is 0 Å². The first-order valence-electron chi connectivity index (χ1n) is 9.06. The third-order valence-corrected chi connectivity index (χ3v) is 5.83. The van der Waals surface area contributed by atoms with E-state index < -0.39 is 17.8 Å². The Labute approximate surface area is 169 Å². The summed E-state index contributed by atoms with van der Waals surface area (Å²) in [6.45, 7) is 3.52. The molecule has 1 fully saturated rings. The van der Waals surface area contributed by atoms with Gasteiger partial charge < -0.3 is 9.64 Å². The Hall–Kier alpha value is -2.01. The van der Waals surface area contributed by atoms with E-state index in [1.54, 1.807) is 11.0 Å². The molecule has 0 spiro atoms. The average molecular weight is 436 g/mol. The lowest BCUT2D eigenvalue weighted by Gasteiger charge is -2.23. The molecule has 1 saturated heterocycles. The van der Waals surface area contributed by atoms with Crippen LogP contribution in [0.4, 0.5) is 27.1 Å². The van der Waals surface area contributed by atoms with E-state index in [1.807, 2.05) is 19.9 Å². The summed E-state index contributed by atoms with van der Waals surface area (Å²) in [5.74, 6) is 0.156. The number of aromatic nitrogens is 2. The quantitative estimate of drug-likeness (QED) is 0.647. The van der Waals surface area contributed by atoms with Crippen molar-refractivity contribution in [2.75, 3.05) is 31.1 Å². The molecule has 0 amide bonds. The Kier molecular flexibility index (Phi) is 6.57. The normalized spacial score (nSPS) is 16.3. The molecule has 1 aliphatic rings. The maximum Gasteiger partial charge on any atom is 0.445 e. The number of aryl methyl sites for hydroxylation is 2. The molecule has 11 heteroatoms. The third kappa shape index (κ3) is 5.53. The highest BCUT2D eigenvalue weighted by atomic mass is 32.1. The van der Waals surface area contributed by atoms with E-state index in [0.29, 0.717) is 56.0 Å². The van der Waals surface area contributed by atoms with Crippen molar-refractivity contribution >= 4 is 16.5 Å². The van der Waals surface area contributed by atoms with Crippen LogP contribution in [0.2, 0.25) is 0 Å². The Morgan fingerprint density at radius 3 is 2.45 bits per heavy atom. The van der Waals surface area contributed by atoms with Gasteiger partial charge in [0.2, 0.25) is 10.1 Å². The highest BCUT2D eigenvalue weighted by molar-refractivity contribution is 7.15. The number of hydrogen-bond acceptors (Lipinski definition) is 6. The second-order valence-corrected chi connectivity index (χ2v) is 7.88. The van der Waals surface area contributed by atoms with Crippen molar-refractivity contribution in [1.29, 1.82) is 0 Å². The number of nitrogens with zero attached hydrogens (tertiary/aromatic N) is 4. The van der Waals surface area contributed by atoms with Crippen molar-refractivity contribution in [2.24, 2.45) is 0 Å². The molecule has 5 nitrogen and oxygen atoms in total. The summed E-state index contributed by atoms with van der Waals surface area (Å²) in [6.07, 6.45) is -3.80. The highest BCUT2D eigenvalue weighted by Gasteiger charge is 2.36. The SMILES string of the molecule is Cc1cc(CN2CCCN(c3nnc(C(F)(F)F)s3)CC2)c(OC(F)F)cc1C. The predicted molar refractivity (Wildman–Crippen MR) is 99.6 cm³/mol. The van der Waals surface area contributed by atoms with Gasteiger partial charge in [0, 0.05) is 38.3 Å². The van der Waals surface area contributed by atoms with Gasteiger partial charge in [-0.15, -0.1) is 10.2 Å². The number of anilines is 1. The Balaban J connectivity index is 1.69. The van der Waals surface area contributed by atoms with Crippen LogP contribution in [-0.2, 0) is 12.7 Å². The number of ether oxygens (including phenoxy) is 1. The molecule has 2 heterocycles. The van der Waals surface area contributed by atoms with Crippen molar-refractivity contribution in [1.82, 2.24) is 15.1 Å². The van der Waals surface area contributed by atoms with Crippen LogP contribution in [0.1, 0.15) is 28.1 Å². The zero-order valence-corrected chi connectivity index (χ0v) is 16.8. The minimum atomic E-state index is -4.50. The Bertz CT molecular complexity index is 842. The molecule has 0 bridgehead atoms. The predicted octanol–water partition coefficient (Wildman–Crippen LogP) is 4.49. The fourth-order valence-electron chi connectivity index (χ4n) is 3.20. The maximum absolute atomic E-state index is 12.8. The molecular formula is C18H21F5N4OS. The molecule has 1 aromatic heterocycles. The monoisotopic (exact) mass is 436 g/mol. The van der Waals surface area contributed by atoms with Crippen molar-refractivity contribution in [2.45, 2.75) is 39.6 Å². The van der Waals surface area contributed by atoms with Crippen LogP contribution in [0.15, 0.2) is 12.1 Å². The fourth-order valence-corrected chi connectivity index (χ4v) is 3.96. The number of alkyl halides is 5. The molecule has 29 heavy (non-hydrogen) atoms. The number of benzene rings is 1. The van der Waals surface area contributed by atoms with E-state index >= 15 is 0 Å². The summed E-state index contributed by atoms with van der Waals surface area (Å²) < 4.78 is 68.5. The van der Waals surface area contributed by atoms with Gasteiger partial charge in [-0.05, 0) is 37.5 Å². The van der Waals surface area contributed by atoms with E-state index in [9.17, 15) is 22.0 Å². The van der Waals surface area contributed by atoms with Gasteiger partial charge in [0.1, 0.15) is 5.75 Å². The van der Waals surface area contributed by atoms with Gasteiger partial charge in [-0.2, -0.15) is 22.0 Å². The smallest absolute Gasteiger partial charge is 0.434 e. The fraction of sp³-hybridized carbons (Fsp3) is 0.556. The Morgan fingerprint density at radius 2 is 1.79 bits per heavy atom. The van der Waals surface area contributed by atoms with E-state index in [1.165, 1.54) is 0 Å². The van der Waals surface area contributed by atoms with Gasteiger partial charge in [-0.25, -0.2) is 0 Å². The molecule has 0 atom stereocenters. The van der Waals surface area contributed by atoms with Gasteiger partial charge in [0.15, 0.2) is 0 Å². The van der Waals surface area contributed by atoms with Crippen molar-refractivity contribution in [3.63, 3.8) is 0 Å². The van der Waals surface area contributed by atoms with Crippen LogP contribution in [0.5, 0.6) is 5.75 Å². The number of halogens is 5. The minimum absolute atomic E-state index is 0.156. The maximum atomic E-state index is 12.8. The lowest BCUT2D eigenvalue weighted by Crippen LogP contribution is -2.30. The highest BCUT2D eigenvalue weighted by Crippen LogP contribution is 2.34. The molecule has 0 radical (unpaired) electrons. The van der Waals surface area contributed by atoms with Crippen molar-refractivity contribution in [3.05, 3.63) is 33.8 Å². The minimum Gasteiger partial charge on any atom is -0.434 e.